The molecule has 0 atom stereocenters. The molecule has 5 nitrogen and oxygen atoms in total. The van der Waals surface area contributed by atoms with Gasteiger partial charge in [0.15, 0.2) is 17.5 Å². The predicted octanol–water partition coefficient (Wildman–Crippen LogP) is 2.30. The molecule has 0 unspecified atom stereocenters. The van der Waals surface area contributed by atoms with Crippen LogP contribution >= 0.6 is 0 Å². The van der Waals surface area contributed by atoms with Crippen LogP contribution in [0.2, 0.25) is 0 Å². The fourth-order valence-corrected chi connectivity index (χ4v) is 2.09. The number of para-hydroxylation sites is 1. The average molecular weight is 291 g/mol. The number of benzene rings is 1. The van der Waals surface area contributed by atoms with Crippen LogP contribution in [0.3, 0.4) is 0 Å². The van der Waals surface area contributed by atoms with Gasteiger partial charge in [0.1, 0.15) is 0 Å². The Morgan fingerprint density at radius 2 is 2.14 bits per heavy atom. The van der Waals surface area contributed by atoms with Gasteiger partial charge in [0.05, 0.1) is 19.8 Å². The maximum Gasteiger partial charge on any atom is 0.188 e. The standard InChI is InChI=1S/C16H25N3O2/c1-12(2)7-8-18-16(17)19-11-13-5-3-6-14-15(13)21-10-4-9-20-14/h3,5-6,12H,4,7-11H2,1-2H3,(H3,17,18,19). The molecule has 1 aromatic rings. The van der Waals surface area contributed by atoms with E-state index in [1.807, 2.05) is 18.2 Å². The van der Waals surface area contributed by atoms with Crippen molar-refractivity contribution in [2.45, 2.75) is 33.2 Å². The molecule has 0 aromatic heterocycles. The van der Waals surface area contributed by atoms with E-state index in [9.17, 15) is 0 Å². The summed E-state index contributed by atoms with van der Waals surface area (Å²) in [5.41, 5.74) is 6.88. The van der Waals surface area contributed by atoms with Crippen LogP contribution in [0.5, 0.6) is 11.5 Å². The third kappa shape index (κ3) is 4.85. The van der Waals surface area contributed by atoms with Crippen molar-refractivity contribution in [2.75, 3.05) is 19.8 Å². The van der Waals surface area contributed by atoms with Gasteiger partial charge in [0, 0.05) is 18.5 Å². The summed E-state index contributed by atoms with van der Waals surface area (Å²) in [5.74, 6) is 2.73. The number of nitrogens with zero attached hydrogens (tertiary/aromatic N) is 1. The Hall–Kier alpha value is -1.91. The molecule has 2 rings (SSSR count). The van der Waals surface area contributed by atoms with E-state index in [-0.39, 0.29) is 0 Å². The van der Waals surface area contributed by atoms with E-state index < -0.39 is 0 Å². The van der Waals surface area contributed by atoms with Gasteiger partial charge in [-0.1, -0.05) is 26.0 Å². The van der Waals surface area contributed by atoms with Gasteiger partial charge in [-0.25, -0.2) is 4.99 Å². The van der Waals surface area contributed by atoms with E-state index in [0.717, 1.165) is 36.4 Å². The minimum atomic E-state index is 0.475. The zero-order chi connectivity index (χ0) is 15.1. The summed E-state index contributed by atoms with van der Waals surface area (Å²) in [6.07, 6.45) is 1.98. The second kappa shape index (κ2) is 7.76. The normalized spacial score (nSPS) is 14.9. The van der Waals surface area contributed by atoms with Crippen molar-refractivity contribution in [1.82, 2.24) is 5.32 Å². The predicted molar refractivity (Wildman–Crippen MR) is 84.8 cm³/mol. The number of aliphatic imine (C=N–C) groups is 1. The maximum atomic E-state index is 5.88. The van der Waals surface area contributed by atoms with Crippen LogP contribution in [0.25, 0.3) is 0 Å². The first-order valence-electron chi connectivity index (χ1n) is 7.58. The number of fused-ring (bicyclic) bond motifs is 1. The van der Waals surface area contributed by atoms with E-state index in [2.05, 4.69) is 24.2 Å². The summed E-state index contributed by atoms with van der Waals surface area (Å²) in [6, 6.07) is 5.89. The molecule has 0 spiro atoms. The molecule has 1 heterocycles. The molecule has 1 aliphatic rings. The lowest BCUT2D eigenvalue weighted by molar-refractivity contribution is 0.296. The Kier molecular flexibility index (Phi) is 5.72. The number of hydrogen-bond donors (Lipinski definition) is 2. The van der Waals surface area contributed by atoms with Crippen molar-refractivity contribution in [3.63, 3.8) is 0 Å². The molecule has 0 saturated carbocycles. The Bertz CT molecular complexity index is 486. The molecule has 21 heavy (non-hydrogen) atoms. The van der Waals surface area contributed by atoms with Gasteiger partial charge < -0.3 is 20.5 Å². The average Bonchev–Trinajstić information content (AvgIpc) is 2.70. The highest BCUT2D eigenvalue weighted by Crippen LogP contribution is 2.33. The lowest BCUT2D eigenvalue weighted by Gasteiger charge is -2.11. The molecule has 0 saturated heterocycles. The van der Waals surface area contributed by atoms with Crippen LogP contribution in [-0.4, -0.2) is 25.7 Å². The van der Waals surface area contributed by atoms with E-state index in [0.29, 0.717) is 31.6 Å². The summed E-state index contributed by atoms with van der Waals surface area (Å²) < 4.78 is 11.4. The third-order valence-electron chi connectivity index (χ3n) is 3.30. The van der Waals surface area contributed by atoms with Gasteiger partial charge in [-0.3, -0.25) is 0 Å². The zero-order valence-electron chi connectivity index (χ0n) is 12.9. The monoisotopic (exact) mass is 291 g/mol. The molecule has 0 bridgehead atoms. The number of nitrogens with two attached hydrogens (primary N) is 1. The van der Waals surface area contributed by atoms with E-state index in [1.54, 1.807) is 0 Å². The summed E-state index contributed by atoms with van der Waals surface area (Å²) in [5, 5.41) is 3.13. The SMILES string of the molecule is CC(C)CCNC(N)=NCc1cccc2c1OCCCO2. The number of guanidine groups is 1. The van der Waals surface area contributed by atoms with Crippen molar-refractivity contribution >= 4 is 5.96 Å². The largest absolute Gasteiger partial charge is 0.490 e. The van der Waals surface area contributed by atoms with Crippen LogP contribution in [0, 0.1) is 5.92 Å². The molecule has 3 N–H and O–H groups in total. The number of nitrogens with one attached hydrogen (secondary N) is 1. The van der Waals surface area contributed by atoms with Gasteiger partial charge in [-0.05, 0) is 18.4 Å². The first-order chi connectivity index (χ1) is 10.2. The van der Waals surface area contributed by atoms with E-state index in [4.69, 9.17) is 15.2 Å². The lowest BCUT2D eigenvalue weighted by atomic mass is 10.1. The van der Waals surface area contributed by atoms with Crippen molar-refractivity contribution in [3.05, 3.63) is 23.8 Å². The maximum absolute atomic E-state index is 5.88. The van der Waals surface area contributed by atoms with Crippen LogP contribution in [0.15, 0.2) is 23.2 Å². The highest BCUT2D eigenvalue weighted by atomic mass is 16.5. The minimum Gasteiger partial charge on any atom is -0.490 e. The van der Waals surface area contributed by atoms with Crippen molar-refractivity contribution in [2.24, 2.45) is 16.6 Å². The van der Waals surface area contributed by atoms with Gasteiger partial charge in [0.25, 0.3) is 0 Å². The molecule has 5 heteroatoms. The summed E-state index contributed by atoms with van der Waals surface area (Å²) >= 11 is 0. The summed E-state index contributed by atoms with van der Waals surface area (Å²) in [7, 11) is 0. The Morgan fingerprint density at radius 1 is 1.33 bits per heavy atom. The first-order valence-corrected chi connectivity index (χ1v) is 7.58. The Balaban J connectivity index is 1.96. The molecule has 0 aliphatic carbocycles. The van der Waals surface area contributed by atoms with Gasteiger partial charge in [-0.2, -0.15) is 0 Å². The molecule has 1 aliphatic heterocycles. The highest BCUT2D eigenvalue weighted by molar-refractivity contribution is 5.77. The van der Waals surface area contributed by atoms with Gasteiger partial charge in [0.2, 0.25) is 0 Å². The number of rotatable bonds is 5. The zero-order valence-corrected chi connectivity index (χ0v) is 12.9. The fraction of sp³-hybridized carbons (Fsp3) is 0.562. The molecule has 116 valence electrons. The topological polar surface area (TPSA) is 68.9 Å². The lowest BCUT2D eigenvalue weighted by Crippen LogP contribution is -2.32. The van der Waals surface area contributed by atoms with E-state index in [1.165, 1.54) is 0 Å². The van der Waals surface area contributed by atoms with Crippen LogP contribution in [0.1, 0.15) is 32.3 Å². The minimum absolute atomic E-state index is 0.475. The third-order valence-corrected chi connectivity index (χ3v) is 3.30. The first kappa shape index (κ1) is 15.5. The highest BCUT2D eigenvalue weighted by Gasteiger charge is 2.13. The van der Waals surface area contributed by atoms with Gasteiger partial charge in [-0.15, -0.1) is 0 Å². The van der Waals surface area contributed by atoms with Gasteiger partial charge >= 0.3 is 0 Å². The number of ether oxygens (including phenoxy) is 2. The molecular formula is C16H25N3O2. The van der Waals surface area contributed by atoms with Crippen LogP contribution in [0.4, 0.5) is 0 Å². The smallest absolute Gasteiger partial charge is 0.188 e. The summed E-state index contributed by atoms with van der Waals surface area (Å²) in [4.78, 5) is 4.38. The van der Waals surface area contributed by atoms with Crippen LogP contribution in [-0.2, 0) is 6.54 Å². The van der Waals surface area contributed by atoms with E-state index >= 15 is 0 Å². The van der Waals surface area contributed by atoms with Crippen molar-refractivity contribution in [1.29, 1.82) is 0 Å². The Labute approximate surface area is 126 Å². The molecular weight excluding hydrogens is 266 g/mol. The molecule has 0 amide bonds. The van der Waals surface area contributed by atoms with Crippen molar-refractivity contribution in [3.8, 4) is 11.5 Å². The quantitative estimate of drug-likeness (QED) is 0.645. The fourth-order valence-electron chi connectivity index (χ4n) is 2.09. The number of hydrogen-bond acceptors (Lipinski definition) is 3. The Morgan fingerprint density at radius 3 is 2.95 bits per heavy atom. The second-order valence-electron chi connectivity index (χ2n) is 5.61. The summed E-state index contributed by atoms with van der Waals surface area (Å²) in [6.45, 7) is 7.08. The second-order valence-corrected chi connectivity index (χ2v) is 5.61. The molecule has 1 aromatic carbocycles. The molecule has 0 radical (unpaired) electrons. The van der Waals surface area contributed by atoms with Crippen molar-refractivity contribution < 1.29 is 9.47 Å². The molecule has 0 fully saturated rings. The van der Waals surface area contributed by atoms with Crippen LogP contribution < -0.4 is 20.5 Å².